The molecule has 0 aromatic heterocycles. The van der Waals surface area contributed by atoms with Crippen molar-refractivity contribution < 1.29 is 24.2 Å². The van der Waals surface area contributed by atoms with Crippen LogP contribution in [0.4, 0.5) is 0 Å². The first-order valence-electron chi connectivity index (χ1n) is 7.89. The minimum Gasteiger partial charge on any atom is -0.480 e. The zero-order valence-electron chi connectivity index (χ0n) is 13.7. The number of benzene rings is 2. The van der Waals surface area contributed by atoms with Crippen LogP contribution in [0.1, 0.15) is 16.8 Å². The predicted octanol–water partition coefficient (Wildman–Crippen LogP) is 1.18. The van der Waals surface area contributed by atoms with Gasteiger partial charge in [0.25, 0.3) is 5.91 Å². The van der Waals surface area contributed by atoms with E-state index in [0.717, 1.165) is 10.8 Å². The molecule has 132 valence electrons. The second-order valence-corrected chi connectivity index (χ2v) is 5.36. The Bertz CT molecular complexity index is 760. The minimum absolute atomic E-state index is 0.126. The Labute approximate surface area is 145 Å². The Balaban J connectivity index is 1.69. The number of hydrogen-bond donors (Lipinski definition) is 3. The highest BCUT2D eigenvalue weighted by Crippen LogP contribution is 2.15. The number of aliphatic carboxylic acids is 1. The van der Waals surface area contributed by atoms with Gasteiger partial charge in [0.2, 0.25) is 5.91 Å². The van der Waals surface area contributed by atoms with E-state index in [-0.39, 0.29) is 37.9 Å². The fourth-order valence-electron chi connectivity index (χ4n) is 2.23. The normalized spacial score (nSPS) is 10.4. The number of nitrogens with one attached hydrogen (secondary N) is 2. The summed E-state index contributed by atoms with van der Waals surface area (Å²) in [5.41, 5.74) is 0.543. The molecular weight excluding hydrogens is 324 g/mol. The van der Waals surface area contributed by atoms with Crippen molar-refractivity contribution in [3.05, 3.63) is 48.0 Å². The number of rotatable bonds is 9. The van der Waals surface area contributed by atoms with Gasteiger partial charge in [-0.05, 0) is 22.9 Å². The molecule has 0 atom stereocenters. The molecule has 3 N–H and O–H groups in total. The summed E-state index contributed by atoms with van der Waals surface area (Å²) in [5.74, 6) is -1.52. The van der Waals surface area contributed by atoms with Crippen molar-refractivity contribution in [2.75, 3.05) is 26.3 Å². The Morgan fingerprint density at radius 3 is 2.48 bits per heavy atom. The van der Waals surface area contributed by atoms with E-state index in [4.69, 9.17) is 9.84 Å². The summed E-state index contributed by atoms with van der Waals surface area (Å²) >= 11 is 0. The summed E-state index contributed by atoms with van der Waals surface area (Å²) in [5, 5.41) is 15.7. The van der Waals surface area contributed by atoms with Gasteiger partial charge in [0.05, 0.1) is 6.61 Å². The largest absolute Gasteiger partial charge is 0.480 e. The topological polar surface area (TPSA) is 105 Å². The minimum atomic E-state index is -1.05. The lowest BCUT2D eigenvalue weighted by atomic mass is 10.1. The average molecular weight is 344 g/mol. The number of ether oxygens (including phenoxy) is 1. The van der Waals surface area contributed by atoms with E-state index in [1.165, 1.54) is 0 Å². The zero-order chi connectivity index (χ0) is 18.1. The third-order valence-electron chi connectivity index (χ3n) is 3.44. The van der Waals surface area contributed by atoms with Crippen LogP contribution >= 0.6 is 0 Å². The second-order valence-electron chi connectivity index (χ2n) is 5.36. The molecule has 0 radical (unpaired) electrons. The van der Waals surface area contributed by atoms with Crippen molar-refractivity contribution in [2.24, 2.45) is 0 Å². The summed E-state index contributed by atoms with van der Waals surface area (Å²) in [7, 11) is 0. The molecule has 2 amide bonds. The van der Waals surface area contributed by atoms with Gasteiger partial charge in [0.15, 0.2) is 0 Å². The van der Waals surface area contributed by atoms with E-state index >= 15 is 0 Å². The molecule has 0 spiro atoms. The maximum Gasteiger partial charge on any atom is 0.329 e. The summed E-state index contributed by atoms with van der Waals surface area (Å²) in [4.78, 5) is 34.0. The summed E-state index contributed by atoms with van der Waals surface area (Å²) in [6, 6.07) is 13.2. The number of fused-ring (bicyclic) bond motifs is 1. The molecule has 7 nitrogen and oxygen atoms in total. The van der Waals surface area contributed by atoms with Gasteiger partial charge in [-0.1, -0.05) is 30.3 Å². The van der Waals surface area contributed by atoms with Crippen LogP contribution in [0.25, 0.3) is 10.8 Å². The lowest BCUT2D eigenvalue weighted by Crippen LogP contribution is -2.32. The summed E-state index contributed by atoms with van der Waals surface area (Å²) in [6.45, 7) is 0.178. The van der Waals surface area contributed by atoms with Gasteiger partial charge in [-0.25, -0.2) is 4.79 Å². The van der Waals surface area contributed by atoms with E-state index in [9.17, 15) is 14.4 Å². The van der Waals surface area contributed by atoms with Crippen LogP contribution in [0.15, 0.2) is 42.5 Å². The number of carbonyl (C=O) groups is 3. The molecule has 2 aromatic rings. The molecule has 0 heterocycles. The molecule has 0 saturated heterocycles. The molecule has 7 heteroatoms. The standard InChI is InChI=1S/C18H20N2O5/c21-16(19-9-10-25-12-17(22)23)7-8-20-18(24)15-6-5-13-3-1-2-4-14(13)11-15/h1-6,11H,7-10,12H2,(H,19,21)(H,20,24)(H,22,23). The maximum absolute atomic E-state index is 12.1. The zero-order valence-corrected chi connectivity index (χ0v) is 13.7. The van der Waals surface area contributed by atoms with Crippen LogP contribution in [-0.4, -0.2) is 49.2 Å². The van der Waals surface area contributed by atoms with Crippen molar-refractivity contribution in [3.8, 4) is 0 Å². The SMILES string of the molecule is O=C(O)COCCNC(=O)CCNC(=O)c1ccc2ccccc2c1. The van der Waals surface area contributed by atoms with Crippen LogP contribution in [0.3, 0.4) is 0 Å². The Hall–Kier alpha value is -2.93. The van der Waals surface area contributed by atoms with E-state index in [1.54, 1.807) is 6.07 Å². The average Bonchev–Trinajstić information content (AvgIpc) is 2.60. The third kappa shape index (κ3) is 6.23. The first-order valence-corrected chi connectivity index (χ1v) is 7.89. The lowest BCUT2D eigenvalue weighted by molar-refractivity contribution is -0.142. The smallest absolute Gasteiger partial charge is 0.329 e. The van der Waals surface area contributed by atoms with Gasteiger partial charge in [0, 0.05) is 25.1 Å². The lowest BCUT2D eigenvalue weighted by Gasteiger charge is -2.07. The molecule has 2 aromatic carbocycles. The van der Waals surface area contributed by atoms with Gasteiger partial charge >= 0.3 is 5.97 Å². The summed E-state index contributed by atoms with van der Waals surface area (Å²) < 4.78 is 4.80. The van der Waals surface area contributed by atoms with E-state index in [0.29, 0.717) is 5.56 Å². The molecule has 0 bridgehead atoms. The Kier molecular flexibility index (Phi) is 6.91. The number of amides is 2. The Morgan fingerprint density at radius 2 is 1.72 bits per heavy atom. The predicted molar refractivity (Wildman–Crippen MR) is 92.4 cm³/mol. The quantitative estimate of drug-likeness (QED) is 0.593. The van der Waals surface area contributed by atoms with Crippen LogP contribution in [-0.2, 0) is 14.3 Å². The van der Waals surface area contributed by atoms with Crippen molar-refractivity contribution in [2.45, 2.75) is 6.42 Å². The maximum atomic E-state index is 12.1. The number of carboxylic acids is 1. The highest BCUT2D eigenvalue weighted by Gasteiger charge is 2.07. The van der Waals surface area contributed by atoms with Gasteiger partial charge < -0.3 is 20.5 Å². The van der Waals surface area contributed by atoms with Gasteiger partial charge in [-0.3, -0.25) is 9.59 Å². The molecule has 0 fully saturated rings. The van der Waals surface area contributed by atoms with Gasteiger partial charge in [0.1, 0.15) is 6.61 Å². The highest BCUT2D eigenvalue weighted by molar-refractivity contribution is 5.98. The monoisotopic (exact) mass is 344 g/mol. The van der Waals surface area contributed by atoms with E-state index in [2.05, 4.69) is 10.6 Å². The fourth-order valence-corrected chi connectivity index (χ4v) is 2.23. The van der Waals surface area contributed by atoms with Crippen molar-refractivity contribution >= 4 is 28.6 Å². The number of hydrogen-bond acceptors (Lipinski definition) is 4. The molecule has 0 aliphatic heterocycles. The van der Waals surface area contributed by atoms with Crippen LogP contribution in [0.2, 0.25) is 0 Å². The Morgan fingerprint density at radius 1 is 0.960 bits per heavy atom. The van der Waals surface area contributed by atoms with E-state index < -0.39 is 12.6 Å². The van der Waals surface area contributed by atoms with Gasteiger partial charge in [-0.15, -0.1) is 0 Å². The van der Waals surface area contributed by atoms with Crippen LogP contribution in [0.5, 0.6) is 0 Å². The molecule has 0 saturated carbocycles. The van der Waals surface area contributed by atoms with E-state index in [1.807, 2.05) is 36.4 Å². The molecular formula is C18H20N2O5. The first kappa shape index (κ1) is 18.4. The van der Waals surface area contributed by atoms with Crippen molar-refractivity contribution in [1.29, 1.82) is 0 Å². The molecule has 0 unspecified atom stereocenters. The van der Waals surface area contributed by atoms with Crippen molar-refractivity contribution in [3.63, 3.8) is 0 Å². The van der Waals surface area contributed by atoms with Gasteiger partial charge in [-0.2, -0.15) is 0 Å². The highest BCUT2D eigenvalue weighted by atomic mass is 16.5. The molecule has 25 heavy (non-hydrogen) atoms. The number of carboxylic acid groups (broad SMARTS) is 1. The molecule has 2 rings (SSSR count). The second kappa shape index (κ2) is 9.39. The fraction of sp³-hybridized carbons (Fsp3) is 0.278. The molecule has 0 aliphatic rings. The summed E-state index contributed by atoms with van der Waals surface area (Å²) in [6.07, 6.45) is 0.137. The van der Waals surface area contributed by atoms with Crippen LogP contribution in [0, 0.1) is 0 Å². The van der Waals surface area contributed by atoms with Crippen molar-refractivity contribution in [1.82, 2.24) is 10.6 Å². The number of carbonyl (C=O) groups excluding carboxylic acids is 2. The van der Waals surface area contributed by atoms with Crippen LogP contribution < -0.4 is 10.6 Å². The first-order chi connectivity index (χ1) is 12.1. The molecule has 0 aliphatic carbocycles. The third-order valence-corrected chi connectivity index (χ3v) is 3.44.